The molecule has 1 aromatic heterocycles. The number of benzene rings is 1. The Morgan fingerprint density at radius 3 is 2.97 bits per heavy atom. The maximum atomic E-state index is 12.8. The van der Waals surface area contributed by atoms with E-state index in [0.717, 1.165) is 30.4 Å². The van der Waals surface area contributed by atoms with Gasteiger partial charge in [0, 0.05) is 30.4 Å². The van der Waals surface area contributed by atoms with E-state index in [4.69, 9.17) is 0 Å². The predicted octanol–water partition coefficient (Wildman–Crippen LogP) is 2.93. The first kappa shape index (κ1) is 19.2. The Morgan fingerprint density at radius 1 is 1.21 bits per heavy atom. The van der Waals surface area contributed by atoms with Gasteiger partial charge in [0.05, 0.1) is 5.01 Å². The highest BCUT2D eigenvalue weighted by Crippen LogP contribution is 2.38. The van der Waals surface area contributed by atoms with Crippen LogP contribution in [0.2, 0.25) is 0 Å². The highest BCUT2D eigenvalue weighted by Gasteiger charge is 2.45. The summed E-state index contributed by atoms with van der Waals surface area (Å²) in [7, 11) is 0. The zero-order chi connectivity index (χ0) is 19.6. The predicted molar refractivity (Wildman–Crippen MR) is 116 cm³/mol. The number of aromatic nitrogens is 1. The second kappa shape index (κ2) is 8.54. The van der Waals surface area contributed by atoms with Gasteiger partial charge in [0.1, 0.15) is 5.69 Å². The van der Waals surface area contributed by atoms with Gasteiger partial charge in [-0.1, -0.05) is 36.8 Å². The van der Waals surface area contributed by atoms with E-state index in [9.17, 15) is 4.79 Å². The van der Waals surface area contributed by atoms with Gasteiger partial charge in [0.2, 0.25) is 0 Å². The third-order valence-corrected chi connectivity index (χ3v) is 7.83. The molecular weight excluding hydrogens is 380 g/mol. The maximum Gasteiger partial charge on any atom is 0.270 e. The second-order valence-corrected chi connectivity index (χ2v) is 9.72. The van der Waals surface area contributed by atoms with Gasteiger partial charge in [-0.3, -0.25) is 9.69 Å². The van der Waals surface area contributed by atoms with E-state index >= 15 is 0 Å². The summed E-state index contributed by atoms with van der Waals surface area (Å²) < 4.78 is 0. The summed E-state index contributed by atoms with van der Waals surface area (Å²) in [6, 6.07) is 11.5. The lowest BCUT2D eigenvalue weighted by atomic mass is 9.73. The summed E-state index contributed by atoms with van der Waals surface area (Å²) in [6.07, 6.45) is 6.06. The van der Waals surface area contributed by atoms with Gasteiger partial charge in [0.25, 0.3) is 5.91 Å². The van der Waals surface area contributed by atoms with E-state index in [1.54, 1.807) is 11.3 Å². The molecule has 3 aliphatic rings. The van der Waals surface area contributed by atoms with Crippen LogP contribution in [0.15, 0.2) is 35.7 Å². The van der Waals surface area contributed by atoms with Gasteiger partial charge in [-0.15, -0.1) is 11.3 Å². The average molecular weight is 411 g/mol. The first-order valence-electron chi connectivity index (χ1n) is 11.0. The Balaban J connectivity index is 1.22. The fourth-order valence-corrected chi connectivity index (χ4v) is 6.41. The smallest absolute Gasteiger partial charge is 0.270 e. The van der Waals surface area contributed by atoms with Crippen LogP contribution in [0.25, 0.3) is 0 Å². The quantitative estimate of drug-likeness (QED) is 0.796. The van der Waals surface area contributed by atoms with Crippen LogP contribution in [0, 0.1) is 11.8 Å². The molecule has 154 valence electrons. The highest BCUT2D eigenvalue weighted by molar-refractivity contribution is 7.09. The topological polar surface area (TPSA) is 57.3 Å². The molecule has 2 bridgehead atoms. The van der Waals surface area contributed by atoms with Crippen molar-refractivity contribution in [1.29, 1.82) is 0 Å². The Bertz CT molecular complexity index is 838. The molecule has 0 saturated carbocycles. The fraction of sp³-hybridized carbons (Fsp3) is 0.565. The number of amides is 1. The standard InChI is InChI=1S/C23H30N4OS/c28-23(19-15-29-22(26-19)10-16-6-2-1-3-7-16)25-14-21-18-11-17(12-24-13-18)20-8-4-5-9-27(20)21/h1-3,6-7,15,17-18,20-21,24H,4-5,8-14H2,(H,25,28)/t17-,18+,20+,21+/m1/s1. The van der Waals surface area contributed by atoms with Crippen LogP contribution >= 0.6 is 11.3 Å². The maximum absolute atomic E-state index is 12.8. The molecule has 5 nitrogen and oxygen atoms in total. The lowest BCUT2D eigenvalue weighted by molar-refractivity contribution is -0.0371. The lowest BCUT2D eigenvalue weighted by Crippen LogP contribution is -2.65. The summed E-state index contributed by atoms with van der Waals surface area (Å²) >= 11 is 1.57. The number of piperidine rings is 3. The number of nitrogens with one attached hydrogen (secondary N) is 2. The minimum atomic E-state index is -0.0278. The van der Waals surface area contributed by atoms with Crippen LogP contribution in [0.4, 0.5) is 0 Å². The molecular formula is C23H30N4OS. The van der Waals surface area contributed by atoms with E-state index < -0.39 is 0 Å². The number of hydrogen-bond donors (Lipinski definition) is 2. The molecule has 2 N–H and O–H groups in total. The van der Waals surface area contributed by atoms with E-state index in [0.29, 0.717) is 23.7 Å². The molecule has 2 aromatic rings. The van der Waals surface area contributed by atoms with Crippen molar-refractivity contribution >= 4 is 17.2 Å². The average Bonchev–Trinajstić information content (AvgIpc) is 3.23. The summed E-state index contributed by atoms with van der Waals surface area (Å²) in [4.78, 5) is 20.1. The molecule has 3 saturated heterocycles. The van der Waals surface area contributed by atoms with Crippen LogP contribution in [-0.2, 0) is 6.42 Å². The molecule has 4 atom stereocenters. The summed E-state index contributed by atoms with van der Waals surface area (Å²) in [6.45, 7) is 4.17. The molecule has 1 aromatic carbocycles. The van der Waals surface area contributed by atoms with Gasteiger partial charge >= 0.3 is 0 Å². The lowest BCUT2D eigenvalue weighted by Gasteiger charge is -2.55. The molecule has 4 heterocycles. The number of hydrogen-bond acceptors (Lipinski definition) is 5. The molecule has 0 aliphatic carbocycles. The van der Waals surface area contributed by atoms with Crippen LogP contribution in [0.3, 0.4) is 0 Å². The van der Waals surface area contributed by atoms with Gasteiger partial charge < -0.3 is 10.6 Å². The molecule has 0 spiro atoms. The van der Waals surface area contributed by atoms with Crippen molar-refractivity contribution in [3.63, 3.8) is 0 Å². The molecule has 0 radical (unpaired) electrons. The number of rotatable bonds is 5. The van der Waals surface area contributed by atoms with Gasteiger partial charge in [-0.05, 0) is 56.3 Å². The molecule has 0 unspecified atom stereocenters. The Kier molecular flexibility index (Phi) is 5.66. The van der Waals surface area contributed by atoms with Crippen LogP contribution in [0.1, 0.15) is 46.7 Å². The van der Waals surface area contributed by atoms with Crippen molar-refractivity contribution < 1.29 is 4.79 Å². The Labute approximate surface area is 176 Å². The van der Waals surface area contributed by atoms with Crippen LogP contribution in [-0.4, -0.2) is 54.1 Å². The van der Waals surface area contributed by atoms with E-state index in [-0.39, 0.29) is 5.91 Å². The number of fused-ring (bicyclic) bond motifs is 4. The fourth-order valence-electron chi connectivity index (χ4n) is 5.60. The molecule has 6 heteroatoms. The molecule has 5 rings (SSSR count). The number of nitrogens with zero attached hydrogens (tertiary/aromatic N) is 2. The third kappa shape index (κ3) is 4.11. The largest absolute Gasteiger partial charge is 0.349 e. The van der Waals surface area contributed by atoms with Crippen LogP contribution < -0.4 is 10.6 Å². The molecule has 3 fully saturated rings. The third-order valence-electron chi connectivity index (χ3n) is 6.98. The summed E-state index contributed by atoms with van der Waals surface area (Å²) in [5.74, 6) is 1.41. The number of thiazole rings is 1. The number of carbonyl (C=O) groups is 1. The van der Waals surface area contributed by atoms with Crippen molar-refractivity contribution in [2.45, 2.75) is 44.2 Å². The van der Waals surface area contributed by atoms with E-state index in [1.807, 2.05) is 23.6 Å². The van der Waals surface area contributed by atoms with Crippen molar-refractivity contribution in [3.05, 3.63) is 52.0 Å². The molecule has 3 aliphatic heterocycles. The van der Waals surface area contributed by atoms with E-state index in [2.05, 4.69) is 32.7 Å². The zero-order valence-corrected chi connectivity index (χ0v) is 17.7. The summed E-state index contributed by atoms with van der Waals surface area (Å²) in [5.41, 5.74) is 1.79. The molecule has 1 amide bonds. The summed E-state index contributed by atoms with van der Waals surface area (Å²) in [5, 5.41) is 9.76. The Morgan fingerprint density at radius 2 is 2.07 bits per heavy atom. The second-order valence-electron chi connectivity index (χ2n) is 8.78. The monoisotopic (exact) mass is 410 g/mol. The highest BCUT2D eigenvalue weighted by atomic mass is 32.1. The number of carbonyl (C=O) groups excluding carboxylic acids is 1. The first-order chi connectivity index (χ1) is 14.3. The van der Waals surface area contributed by atoms with E-state index in [1.165, 1.54) is 44.3 Å². The van der Waals surface area contributed by atoms with Gasteiger partial charge in [0.15, 0.2) is 0 Å². The van der Waals surface area contributed by atoms with Crippen molar-refractivity contribution in [2.75, 3.05) is 26.2 Å². The normalized spacial score (nSPS) is 29.2. The first-order valence-corrected chi connectivity index (χ1v) is 11.9. The van der Waals surface area contributed by atoms with Crippen molar-refractivity contribution in [3.8, 4) is 0 Å². The van der Waals surface area contributed by atoms with Gasteiger partial charge in [-0.2, -0.15) is 0 Å². The zero-order valence-electron chi connectivity index (χ0n) is 16.8. The minimum absolute atomic E-state index is 0.0278. The van der Waals surface area contributed by atoms with Crippen molar-refractivity contribution in [1.82, 2.24) is 20.5 Å². The molecule has 29 heavy (non-hydrogen) atoms. The Hall–Kier alpha value is -1.76. The van der Waals surface area contributed by atoms with Gasteiger partial charge in [-0.25, -0.2) is 4.98 Å². The SMILES string of the molecule is O=C(NC[C@H]1[C@@H]2CNC[C@@H](C2)[C@@H]2CCCCN21)c1csc(Cc2ccccc2)n1. The van der Waals surface area contributed by atoms with Crippen LogP contribution in [0.5, 0.6) is 0 Å². The van der Waals surface area contributed by atoms with Crippen molar-refractivity contribution in [2.24, 2.45) is 11.8 Å². The minimum Gasteiger partial charge on any atom is -0.349 e.